The van der Waals surface area contributed by atoms with Crippen LogP contribution < -0.4 is 19.7 Å². The Labute approximate surface area is 217 Å². The van der Waals surface area contributed by atoms with Crippen LogP contribution in [0.4, 0.5) is 5.69 Å². The van der Waals surface area contributed by atoms with Crippen molar-refractivity contribution in [3.63, 3.8) is 0 Å². The van der Waals surface area contributed by atoms with Gasteiger partial charge in [-0.05, 0) is 47.5 Å². The maximum atomic E-state index is 13.7. The molecule has 1 aliphatic rings. The SMILES string of the molecule is CC[C@@H](C)C(=O)N[C@H]1COc2ccccc2N(Cc2c(OC)ccc3cc(Br)ccc23)C1=O.O=C=O. The minimum Gasteiger partial charge on any atom is -0.496 e. The van der Waals surface area contributed by atoms with Gasteiger partial charge in [0.2, 0.25) is 5.91 Å². The smallest absolute Gasteiger partial charge is 0.373 e. The highest BCUT2D eigenvalue weighted by atomic mass is 79.9. The van der Waals surface area contributed by atoms with Crippen LogP contribution in [0.25, 0.3) is 10.8 Å². The molecular weight excluding hydrogens is 528 g/mol. The first-order valence-corrected chi connectivity index (χ1v) is 12.2. The number of nitrogens with one attached hydrogen (secondary N) is 1. The average Bonchev–Trinajstić information content (AvgIpc) is 3.01. The van der Waals surface area contributed by atoms with Crippen molar-refractivity contribution in [1.29, 1.82) is 0 Å². The highest BCUT2D eigenvalue weighted by Gasteiger charge is 2.34. The summed E-state index contributed by atoms with van der Waals surface area (Å²) in [6, 6.07) is 16.6. The van der Waals surface area contributed by atoms with E-state index in [1.807, 2.05) is 68.4 Å². The molecule has 2 atom stereocenters. The summed E-state index contributed by atoms with van der Waals surface area (Å²) in [7, 11) is 1.62. The first-order chi connectivity index (χ1) is 17.3. The first-order valence-electron chi connectivity index (χ1n) is 11.4. The molecule has 1 heterocycles. The molecule has 0 radical (unpaired) electrons. The predicted octanol–water partition coefficient (Wildman–Crippen LogP) is 4.48. The van der Waals surface area contributed by atoms with Gasteiger partial charge in [-0.15, -0.1) is 0 Å². The van der Waals surface area contributed by atoms with E-state index in [0.29, 0.717) is 23.6 Å². The zero-order valence-corrected chi connectivity index (χ0v) is 21.8. The quantitative estimate of drug-likeness (QED) is 0.481. The minimum absolute atomic E-state index is 0.0775. The lowest BCUT2D eigenvalue weighted by Gasteiger charge is -2.27. The Morgan fingerprint density at radius 3 is 2.64 bits per heavy atom. The molecule has 0 unspecified atom stereocenters. The zero-order valence-electron chi connectivity index (χ0n) is 20.2. The second-order valence-corrected chi connectivity index (χ2v) is 9.18. The Hall–Kier alpha value is -3.68. The van der Waals surface area contributed by atoms with Gasteiger partial charge < -0.3 is 19.7 Å². The second-order valence-electron chi connectivity index (χ2n) is 8.27. The monoisotopic (exact) mass is 554 g/mol. The van der Waals surface area contributed by atoms with Crippen LogP contribution in [0.15, 0.2) is 59.1 Å². The largest absolute Gasteiger partial charge is 0.496 e. The van der Waals surface area contributed by atoms with Crippen LogP contribution >= 0.6 is 15.9 Å². The van der Waals surface area contributed by atoms with Crippen molar-refractivity contribution in [2.75, 3.05) is 18.6 Å². The third-order valence-electron chi connectivity index (χ3n) is 6.09. The molecule has 3 aromatic rings. The summed E-state index contributed by atoms with van der Waals surface area (Å²) in [6.07, 6.45) is 0.945. The Balaban J connectivity index is 0.00000115. The van der Waals surface area contributed by atoms with E-state index in [1.54, 1.807) is 12.0 Å². The number of para-hydroxylation sites is 2. The highest BCUT2D eigenvalue weighted by Crippen LogP contribution is 2.36. The van der Waals surface area contributed by atoms with Gasteiger partial charge in [0, 0.05) is 16.0 Å². The number of hydrogen-bond donors (Lipinski definition) is 1. The summed E-state index contributed by atoms with van der Waals surface area (Å²) < 4.78 is 12.6. The normalized spacial score (nSPS) is 15.4. The number of hydrogen-bond acceptors (Lipinski definition) is 6. The van der Waals surface area contributed by atoms with E-state index >= 15 is 0 Å². The molecule has 9 heteroatoms. The maximum Gasteiger partial charge on any atom is 0.373 e. The molecule has 0 fully saturated rings. The summed E-state index contributed by atoms with van der Waals surface area (Å²) in [5.41, 5.74) is 1.55. The number of methoxy groups -OCH3 is 1. The molecule has 0 saturated heterocycles. The van der Waals surface area contributed by atoms with Crippen molar-refractivity contribution in [2.45, 2.75) is 32.9 Å². The molecule has 36 heavy (non-hydrogen) atoms. The minimum atomic E-state index is -0.783. The van der Waals surface area contributed by atoms with Crippen molar-refractivity contribution in [3.05, 3.63) is 64.6 Å². The summed E-state index contributed by atoms with van der Waals surface area (Å²) in [5.74, 6) is 0.743. The van der Waals surface area contributed by atoms with Crippen molar-refractivity contribution in [1.82, 2.24) is 5.32 Å². The predicted molar refractivity (Wildman–Crippen MR) is 138 cm³/mol. The number of carbonyl (C=O) groups is 2. The fourth-order valence-electron chi connectivity index (χ4n) is 3.98. The van der Waals surface area contributed by atoms with Gasteiger partial charge in [0.15, 0.2) is 0 Å². The molecule has 0 saturated carbocycles. The number of halogens is 1. The number of anilines is 1. The van der Waals surface area contributed by atoms with Gasteiger partial charge in [-0.25, -0.2) is 0 Å². The lowest BCUT2D eigenvalue weighted by Crippen LogP contribution is -2.51. The molecule has 4 rings (SSSR count). The molecule has 188 valence electrons. The first kappa shape index (κ1) is 26.9. The number of amides is 2. The fourth-order valence-corrected chi connectivity index (χ4v) is 4.36. The van der Waals surface area contributed by atoms with E-state index in [0.717, 1.165) is 20.8 Å². The van der Waals surface area contributed by atoms with E-state index in [2.05, 4.69) is 21.2 Å². The lowest BCUT2D eigenvalue weighted by atomic mass is 10.0. The molecule has 0 aromatic heterocycles. The number of carbonyl (C=O) groups excluding carboxylic acids is 4. The van der Waals surface area contributed by atoms with E-state index in [9.17, 15) is 9.59 Å². The molecule has 1 N–H and O–H groups in total. The Morgan fingerprint density at radius 1 is 1.22 bits per heavy atom. The fraction of sp³-hybridized carbons (Fsp3) is 0.296. The molecule has 8 nitrogen and oxygen atoms in total. The third-order valence-corrected chi connectivity index (χ3v) is 6.58. The number of fused-ring (bicyclic) bond motifs is 2. The van der Waals surface area contributed by atoms with Crippen LogP contribution in [0.3, 0.4) is 0 Å². The number of nitrogens with zero attached hydrogens (tertiary/aromatic N) is 1. The summed E-state index contributed by atoms with van der Waals surface area (Å²) in [5, 5.41) is 4.92. The molecule has 1 aliphatic heterocycles. The van der Waals surface area contributed by atoms with E-state index in [1.165, 1.54) is 0 Å². The standard InChI is InChI=1S/C26H27BrN2O4.CO2/c1-4-16(2)25(30)28-21-15-33-24-8-6-5-7-22(24)29(26(21)31)14-20-19-11-10-18(27)13-17(19)9-12-23(20)32-3;2-1-3/h5-13,16,21H,4,14-15H2,1-3H3,(H,28,30);/t16-,21+;/m1./s1. The third kappa shape index (κ3) is 5.93. The number of benzene rings is 3. The molecule has 3 aromatic carbocycles. The Morgan fingerprint density at radius 2 is 1.94 bits per heavy atom. The summed E-state index contributed by atoms with van der Waals surface area (Å²) in [6.45, 7) is 4.15. The Kier molecular flexibility index (Phi) is 9.22. The van der Waals surface area contributed by atoms with Gasteiger partial charge in [-0.3, -0.25) is 9.59 Å². The number of ether oxygens (including phenoxy) is 2. The van der Waals surface area contributed by atoms with E-state index < -0.39 is 6.04 Å². The van der Waals surface area contributed by atoms with Crippen LogP contribution in [0.1, 0.15) is 25.8 Å². The van der Waals surface area contributed by atoms with Crippen LogP contribution in [-0.4, -0.2) is 37.7 Å². The summed E-state index contributed by atoms with van der Waals surface area (Å²) in [4.78, 5) is 44.2. The van der Waals surface area contributed by atoms with Gasteiger partial charge >= 0.3 is 6.15 Å². The lowest BCUT2D eigenvalue weighted by molar-refractivity contribution is -0.191. The van der Waals surface area contributed by atoms with Gasteiger partial charge in [-0.2, -0.15) is 9.59 Å². The molecular formula is C27H27BrN2O6. The van der Waals surface area contributed by atoms with Crippen molar-refractivity contribution < 1.29 is 28.7 Å². The van der Waals surface area contributed by atoms with Gasteiger partial charge in [-0.1, -0.05) is 54.0 Å². The highest BCUT2D eigenvalue weighted by molar-refractivity contribution is 9.10. The molecule has 0 spiro atoms. The van der Waals surface area contributed by atoms with Gasteiger partial charge in [0.05, 0.1) is 19.3 Å². The topological polar surface area (TPSA) is 102 Å². The number of rotatable bonds is 6. The van der Waals surface area contributed by atoms with Crippen LogP contribution in [0, 0.1) is 5.92 Å². The van der Waals surface area contributed by atoms with Gasteiger partial charge in [0.25, 0.3) is 5.91 Å². The Bertz CT molecular complexity index is 1290. The molecule has 0 aliphatic carbocycles. The second kappa shape index (κ2) is 12.3. The van der Waals surface area contributed by atoms with Crippen LogP contribution in [0.5, 0.6) is 11.5 Å². The van der Waals surface area contributed by atoms with Gasteiger partial charge in [0.1, 0.15) is 24.1 Å². The van der Waals surface area contributed by atoms with E-state index in [4.69, 9.17) is 19.1 Å². The van der Waals surface area contributed by atoms with Crippen molar-refractivity contribution in [2.24, 2.45) is 5.92 Å². The maximum absolute atomic E-state index is 13.7. The molecule has 0 bridgehead atoms. The van der Waals surface area contributed by atoms with Crippen molar-refractivity contribution in [3.8, 4) is 11.5 Å². The van der Waals surface area contributed by atoms with E-state index in [-0.39, 0.29) is 37.0 Å². The van der Waals surface area contributed by atoms with Crippen LogP contribution in [-0.2, 0) is 25.7 Å². The zero-order chi connectivity index (χ0) is 26.2. The average molecular weight is 555 g/mol. The molecule has 2 amide bonds. The summed E-state index contributed by atoms with van der Waals surface area (Å²) >= 11 is 3.53. The van der Waals surface area contributed by atoms with Crippen LogP contribution in [0.2, 0.25) is 0 Å². The van der Waals surface area contributed by atoms with Crippen molar-refractivity contribution >= 4 is 50.4 Å².